The second-order valence-electron chi connectivity index (χ2n) is 3.91. The van der Waals surface area contributed by atoms with E-state index in [-0.39, 0.29) is 0 Å². The zero-order valence-corrected chi connectivity index (χ0v) is 12.8. The Balaban J connectivity index is 0. The Bertz CT molecular complexity index is 291. The fraction of sp³-hybridized carbons (Fsp3) is 1.00. The first-order chi connectivity index (χ1) is 8.66. The summed E-state index contributed by atoms with van der Waals surface area (Å²) in [5, 5.41) is 0. The first kappa shape index (κ1) is 21.0. The molecule has 0 fully saturated rings. The molecule has 0 saturated heterocycles. The molecule has 118 valence electrons. The molecular weight excluding hydrogens is 283 g/mol. The van der Waals surface area contributed by atoms with Crippen LogP contribution in [-0.2, 0) is 14.3 Å². The molecule has 0 saturated carbocycles. The molecule has 0 rings (SSSR count). The molecule has 0 amide bonds. The monoisotopic (exact) mass is 307 g/mol. The Morgan fingerprint density at radius 2 is 1.26 bits per heavy atom. The number of alkyl halides is 3. The van der Waals surface area contributed by atoms with Crippen molar-refractivity contribution < 1.29 is 25.8 Å². The maximum atomic E-state index is 11.1. The van der Waals surface area contributed by atoms with E-state index in [2.05, 4.69) is 29.9 Å². The molecule has 8 heteroatoms. The van der Waals surface area contributed by atoms with Crippen molar-refractivity contribution in [2.75, 3.05) is 26.7 Å². The summed E-state index contributed by atoms with van der Waals surface area (Å²) in [7, 11) is -4.89. The number of hydrogen-bond donors (Lipinski definition) is 0. The van der Waals surface area contributed by atoms with Gasteiger partial charge in [0.15, 0.2) is 0 Å². The fourth-order valence-electron chi connectivity index (χ4n) is 1.38. The van der Waals surface area contributed by atoms with Crippen LogP contribution >= 0.6 is 0 Å². The molecule has 0 aliphatic rings. The van der Waals surface area contributed by atoms with Crippen molar-refractivity contribution in [3.8, 4) is 0 Å². The van der Waals surface area contributed by atoms with E-state index < -0.39 is 15.6 Å². The highest BCUT2D eigenvalue weighted by molar-refractivity contribution is 7.87. The largest absolute Gasteiger partial charge is 0.523 e. The van der Waals surface area contributed by atoms with Crippen LogP contribution in [0.15, 0.2) is 0 Å². The van der Waals surface area contributed by atoms with E-state index in [1.807, 2.05) is 0 Å². The summed E-state index contributed by atoms with van der Waals surface area (Å²) in [4.78, 5) is 2.54. The number of rotatable bonds is 7. The first-order valence-electron chi connectivity index (χ1n) is 6.25. The summed E-state index contributed by atoms with van der Waals surface area (Å²) in [6.07, 6.45) is 3.88. The van der Waals surface area contributed by atoms with Crippen LogP contribution in [0.2, 0.25) is 0 Å². The smallest absolute Gasteiger partial charge is 0.303 e. The van der Waals surface area contributed by atoms with Gasteiger partial charge in [0, 0.05) is 0 Å². The summed E-state index contributed by atoms with van der Waals surface area (Å²) >= 11 is 0. The quantitative estimate of drug-likeness (QED) is 0.536. The lowest BCUT2D eigenvalue weighted by Crippen LogP contribution is -2.25. The van der Waals surface area contributed by atoms with Gasteiger partial charge in [-0.05, 0) is 38.9 Å². The normalized spacial score (nSPS) is 12.2. The lowest BCUT2D eigenvalue weighted by atomic mass is 10.3. The van der Waals surface area contributed by atoms with Gasteiger partial charge in [-0.1, -0.05) is 20.8 Å². The molecule has 0 aromatic rings. The van der Waals surface area contributed by atoms with Gasteiger partial charge < -0.3 is 4.90 Å². The van der Waals surface area contributed by atoms with Crippen molar-refractivity contribution >= 4 is 10.1 Å². The van der Waals surface area contributed by atoms with E-state index in [9.17, 15) is 21.6 Å². The van der Waals surface area contributed by atoms with Crippen molar-refractivity contribution in [3.05, 3.63) is 0 Å². The van der Waals surface area contributed by atoms with Crippen LogP contribution in [0.1, 0.15) is 40.0 Å². The summed E-state index contributed by atoms with van der Waals surface area (Å²) < 4.78 is 55.9. The van der Waals surface area contributed by atoms with E-state index in [1.165, 1.54) is 38.9 Å². The number of hydrogen-bond acceptors (Lipinski definition) is 4. The Kier molecular flexibility index (Phi) is 11.5. The van der Waals surface area contributed by atoms with Crippen molar-refractivity contribution in [3.63, 3.8) is 0 Å². The highest BCUT2D eigenvalue weighted by Crippen LogP contribution is 2.23. The van der Waals surface area contributed by atoms with E-state index in [0.717, 1.165) is 0 Å². The summed E-state index contributed by atoms with van der Waals surface area (Å²) in [6.45, 7) is 10.6. The highest BCUT2D eigenvalue weighted by atomic mass is 32.2. The third-order valence-corrected chi connectivity index (χ3v) is 3.13. The van der Waals surface area contributed by atoms with Crippen LogP contribution in [0.5, 0.6) is 0 Å². The Hall–Kier alpha value is -0.340. The summed E-state index contributed by atoms with van der Waals surface area (Å²) in [5.41, 5.74) is -5.30. The number of nitrogens with zero attached hydrogens (tertiary/aromatic N) is 1. The minimum atomic E-state index is -5.34. The molecular formula is C11H24F3NO3S. The molecule has 4 nitrogen and oxygen atoms in total. The maximum absolute atomic E-state index is 11.1. The minimum absolute atomic E-state index is 0.447. The molecule has 19 heavy (non-hydrogen) atoms. The Labute approximate surface area is 114 Å². The van der Waals surface area contributed by atoms with Crippen molar-refractivity contribution in [1.82, 2.24) is 4.90 Å². The molecule has 0 aromatic carbocycles. The predicted molar refractivity (Wildman–Crippen MR) is 69.3 cm³/mol. The SMILES string of the molecule is CCCN(CCC)CCC.COS(=O)(=O)C(F)(F)F. The maximum Gasteiger partial charge on any atom is 0.523 e. The van der Waals surface area contributed by atoms with Crippen molar-refractivity contribution in [2.24, 2.45) is 0 Å². The van der Waals surface area contributed by atoms with Crippen molar-refractivity contribution in [2.45, 2.75) is 45.5 Å². The molecule has 0 aromatic heterocycles. The minimum Gasteiger partial charge on any atom is -0.303 e. The van der Waals surface area contributed by atoms with Gasteiger partial charge in [-0.15, -0.1) is 0 Å². The molecule has 0 unspecified atom stereocenters. The zero-order chi connectivity index (χ0) is 15.5. The van der Waals surface area contributed by atoms with Crippen LogP contribution < -0.4 is 0 Å². The predicted octanol–water partition coefficient (Wildman–Crippen LogP) is 3.00. The lowest BCUT2D eigenvalue weighted by molar-refractivity contribution is -0.0526. The third kappa shape index (κ3) is 10.1. The third-order valence-electron chi connectivity index (χ3n) is 2.12. The van der Waals surface area contributed by atoms with Crippen molar-refractivity contribution in [1.29, 1.82) is 0 Å². The van der Waals surface area contributed by atoms with Crippen LogP contribution in [0.3, 0.4) is 0 Å². The van der Waals surface area contributed by atoms with Crippen LogP contribution in [0.4, 0.5) is 13.2 Å². The molecule has 0 spiro atoms. The molecule has 0 atom stereocenters. The zero-order valence-electron chi connectivity index (χ0n) is 12.0. The van der Waals surface area contributed by atoms with E-state index in [4.69, 9.17) is 0 Å². The topological polar surface area (TPSA) is 46.6 Å². The van der Waals surface area contributed by atoms with E-state index >= 15 is 0 Å². The molecule has 0 N–H and O–H groups in total. The van der Waals surface area contributed by atoms with Crippen LogP contribution in [0, 0.1) is 0 Å². The second kappa shape index (κ2) is 10.4. The van der Waals surface area contributed by atoms with Gasteiger partial charge >= 0.3 is 15.6 Å². The van der Waals surface area contributed by atoms with Crippen LogP contribution in [0.25, 0.3) is 0 Å². The van der Waals surface area contributed by atoms with Gasteiger partial charge in [0.05, 0.1) is 7.11 Å². The summed E-state index contributed by atoms with van der Waals surface area (Å²) in [5.74, 6) is 0. The molecule has 0 heterocycles. The second-order valence-corrected chi connectivity index (χ2v) is 5.61. The van der Waals surface area contributed by atoms with Gasteiger partial charge in [0.25, 0.3) is 0 Å². The lowest BCUT2D eigenvalue weighted by Gasteiger charge is -2.19. The average molecular weight is 307 g/mol. The average Bonchev–Trinajstić information content (AvgIpc) is 2.29. The molecule has 0 aliphatic carbocycles. The Morgan fingerprint density at radius 3 is 1.37 bits per heavy atom. The van der Waals surface area contributed by atoms with Crippen LogP contribution in [-0.4, -0.2) is 45.6 Å². The fourth-order valence-corrected chi connectivity index (χ4v) is 1.57. The standard InChI is InChI=1S/C9H21N.C2H3F3O3S/c1-4-7-10(8-5-2)9-6-3;1-8-9(6,7)2(3,4)5/h4-9H2,1-3H3;1H3. The van der Waals surface area contributed by atoms with Gasteiger partial charge in [0.1, 0.15) is 0 Å². The van der Waals surface area contributed by atoms with Gasteiger partial charge in [0.2, 0.25) is 0 Å². The number of halogens is 3. The first-order valence-corrected chi connectivity index (χ1v) is 7.66. The highest BCUT2D eigenvalue weighted by Gasteiger charge is 2.46. The van der Waals surface area contributed by atoms with E-state index in [1.54, 1.807) is 0 Å². The molecule has 0 bridgehead atoms. The van der Waals surface area contributed by atoms with Gasteiger partial charge in [-0.3, -0.25) is 4.18 Å². The van der Waals surface area contributed by atoms with E-state index in [0.29, 0.717) is 7.11 Å². The van der Waals surface area contributed by atoms with Gasteiger partial charge in [-0.25, -0.2) is 0 Å². The molecule has 0 radical (unpaired) electrons. The molecule has 0 aliphatic heterocycles. The van der Waals surface area contributed by atoms with Gasteiger partial charge in [-0.2, -0.15) is 21.6 Å². The Morgan fingerprint density at radius 1 is 0.947 bits per heavy atom. The summed E-state index contributed by atoms with van der Waals surface area (Å²) in [6, 6.07) is 0.